The van der Waals surface area contributed by atoms with E-state index in [1.807, 2.05) is 18.6 Å². The van der Waals surface area contributed by atoms with Gasteiger partial charge in [-0.2, -0.15) is 0 Å². The highest BCUT2D eigenvalue weighted by Crippen LogP contribution is 2.11. The summed E-state index contributed by atoms with van der Waals surface area (Å²) < 4.78 is 2.15. The zero-order valence-corrected chi connectivity index (χ0v) is 10.5. The average Bonchev–Trinajstić information content (AvgIpc) is 2.77. The second-order valence-electron chi connectivity index (χ2n) is 3.80. The molecule has 0 spiro atoms. The van der Waals surface area contributed by atoms with Crippen LogP contribution in [0, 0.1) is 0 Å². The summed E-state index contributed by atoms with van der Waals surface area (Å²) in [6.07, 6.45) is 6.57. The van der Waals surface area contributed by atoms with Crippen molar-refractivity contribution in [3.8, 4) is 0 Å². The van der Waals surface area contributed by atoms with Crippen molar-refractivity contribution in [2.45, 2.75) is 26.4 Å². The number of hydrogen-bond acceptors (Lipinski definition) is 3. The summed E-state index contributed by atoms with van der Waals surface area (Å²) in [7, 11) is 0. The van der Waals surface area contributed by atoms with Crippen molar-refractivity contribution in [3.63, 3.8) is 0 Å². The Morgan fingerprint density at radius 2 is 2.24 bits per heavy atom. The maximum absolute atomic E-state index is 5.72. The highest BCUT2D eigenvalue weighted by Gasteiger charge is 2.01. The molecule has 0 radical (unpaired) electrons. The number of halogens is 1. The molecule has 1 N–H and O–H groups in total. The molecule has 0 aliphatic carbocycles. The van der Waals surface area contributed by atoms with E-state index in [1.165, 1.54) is 5.69 Å². The lowest BCUT2D eigenvalue weighted by atomic mass is 10.3. The van der Waals surface area contributed by atoms with Crippen LogP contribution in [-0.2, 0) is 13.1 Å². The summed E-state index contributed by atoms with van der Waals surface area (Å²) in [5, 5.41) is 3.80. The van der Waals surface area contributed by atoms with Crippen LogP contribution in [0.2, 0.25) is 5.15 Å². The molecule has 4 nitrogen and oxygen atoms in total. The fraction of sp³-hybridized carbons (Fsp3) is 0.333. The number of aryl methyl sites for hydroxylation is 1. The first-order valence-electron chi connectivity index (χ1n) is 5.64. The lowest BCUT2D eigenvalue weighted by molar-refractivity contribution is 0.651. The van der Waals surface area contributed by atoms with E-state index in [1.54, 1.807) is 12.3 Å². The SMILES string of the molecule is CCCn1cncc1CNc1ccc(Cl)nc1. The van der Waals surface area contributed by atoms with Crippen molar-refractivity contribution >= 4 is 17.3 Å². The van der Waals surface area contributed by atoms with Gasteiger partial charge in [0.1, 0.15) is 5.15 Å². The Morgan fingerprint density at radius 1 is 1.35 bits per heavy atom. The highest BCUT2D eigenvalue weighted by atomic mass is 35.5. The molecule has 17 heavy (non-hydrogen) atoms. The Bertz CT molecular complexity index is 464. The van der Waals surface area contributed by atoms with E-state index in [2.05, 4.69) is 26.8 Å². The molecule has 90 valence electrons. The molecule has 0 amide bonds. The Hall–Kier alpha value is -1.55. The van der Waals surface area contributed by atoms with Gasteiger partial charge in [0.2, 0.25) is 0 Å². The van der Waals surface area contributed by atoms with Crippen LogP contribution in [0.1, 0.15) is 19.0 Å². The smallest absolute Gasteiger partial charge is 0.129 e. The van der Waals surface area contributed by atoms with Gasteiger partial charge in [-0.3, -0.25) is 0 Å². The van der Waals surface area contributed by atoms with Gasteiger partial charge in [0.25, 0.3) is 0 Å². The van der Waals surface area contributed by atoms with Gasteiger partial charge in [-0.05, 0) is 18.6 Å². The predicted molar refractivity (Wildman–Crippen MR) is 69.1 cm³/mol. The first-order valence-corrected chi connectivity index (χ1v) is 6.02. The third-order valence-corrected chi connectivity index (χ3v) is 2.69. The van der Waals surface area contributed by atoms with Crippen LogP contribution in [0.5, 0.6) is 0 Å². The normalized spacial score (nSPS) is 10.5. The molecule has 0 aliphatic heterocycles. The third-order valence-electron chi connectivity index (χ3n) is 2.46. The summed E-state index contributed by atoms with van der Waals surface area (Å²) in [6, 6.07) is 3.68. The van der Waals surface area contributed by atoms with E-state index in [0.717, 1.165) is 25.2 Å². The van der Waals surface area contributed by atoms with Crippen molar-refractivity contribution in [1.29, 1.82) is 0 Å². The Balaban J connectivity index is 1.97. The maximum atomic E-state index is 5.72. The van der Waals surface area contributed by atoms with Crippen molar-refractivity contribution in [3.05, 3.63) is 41.7 Å². The van der Waals surface area contributed by atoms with Gasteiger partial charge in [-0.1, -0.05) is 18.5 Å². The quantitative estimate of drug-likeness (QED) is 0.830. The third kappa shape index (κ3) is 3.20. The number of nitrogens with one attached hydrogen (secondary N) is 1. The zero-order valence-electron chi connectivity index (χ0n) is 9.73. The molecule has 0 atom stereocenters. The second kappa shape index (κ2) is 5.68. The Labute approximate surface area is 106 Å². The molecule has 0 fully saturated rings. The van der Waals surface area contributed by atoms with E-state index in [9.17, 15) is 0 Å². The van der Waals surface area contributed by atoms with Gasteiger partial charge in [-0.15, -0.1) is 0 Å². The van der Waals surface area contributed by atoms with Crippen LogP contribution < -0.4 is 5.32 Å². The first kappa shape index (κ1) is 11.9. The summed E-state index contributed by atoms with van der Waals surface area (Å²) in [5.74, 6) is 0. The number of pyridine rings is 1. The molecular formula is C12H15ClN4. The number of imidazole rings is 1. The van der Waals surface area contributed by atoms with Crippen LogP contribution in [0.3, 0.4) is 0 Å². The fourth-order valence-electron chi connectivity index (χ4n) is 1.61. The molecule has 2 heterocycles. The summed E-state index contributed by atoms with van der Waals surface area (Å²) in [4.78, 5) is 8.17. The number of nitrogens with zero attached hydrogens (tertiary/aromatic N) is 3. The van der Waals surface area contributed by atoms with Gasteiger partial charge >= 0.3 is 0 Å². The molecule has 5 heteroatoms. The molecule has 0 bridgehead atoms. The molecule has 0 saturated carbocycles. The van der Waals surface area contributed by atoms with E-state index in [0.29, 0.717) is 5.15 Å². The number of anilines is 1. The van der Waals surface area contributed by atoms with E-state index >= 15 is 0 Å². The summed E-state index contributed by atoms with van der Waals surface area (Å²) in [6.45, 7) is 3.89. The van der Waals surface area contributed by atoms with Crippen molar-refractivity contribution in [2.24, 2.45) is 0 Å². The molecule has 2 aromatic rings. The molecule has 0 aliphatic rings. The molecule has 0 aromatic carbocycles. The van der Waals surface area contributed by atoms with Crippen LogP contribution >= 0.6 is 11.6 Å². The second-order valence-corrected chi connectivity index (χ2v) is 4.19. The maximum Gasteiger partial charge on any atom is 0.129 e. The van der Waals surface area contributed by atoms with Crippen LogP contribution in [0.4, 0.5) is 5.69 Å². The molecule has 0 unspecified atom stereocenters. The number of hydrogen-bond donors (Lipinski definition) is 1. The standard InChI is InChI=1S/C12H15ClN4/c1-2-5-17-9-14-7-11(17)8-15-10-3-4-12(13)16-6-10/h3-4,6-7,9,15H,2,5,8H2,1H3. The van der Waals surface area contributed by atoms with Gasteiger partial charge < -0.3 is 9.88 Å². The summed E-state index contributed by atoms with van der Waals surface area (Å²) >= 11 is 5.72. The van der Waals surface area contributed by atoms with Crippen molar-refractivity contribution in [1.82, 2.24) is 14.5 Å². The van der Waals surface area contributed by atoms with Crippen LogP contribution in [0.25, 0.3) is 0 Å². The molecule has 0 saturated heterocycles. The van der Waals surface area contributed by atoms with Crippen molar-refractivity contribution in [2.75, 3.05) is 5.32 Å². The Morgan fingerprint density at radius 3 is 2.94 bits per heavy atom. The minimum absolute atomic E-state index is 0.506. The van der Waals surface area contributed by atoms with Gasteiger partial charge in [-0.25, -0.2) is 9.97 Å². The fourth-order valence-corrected chi connectivity index (χ4v) is 1.72. The molecule has 2 rings (SSSR count). The van der Waals surface area contributed by atoms with E-state index in [-0.39, 0.29) is 0 Å². The van der Waals surface area contributed by atoms with Gasteiger partial charge in [0, 0.05) is 12.7 Å². The largest absolute Gasteiger partial charge is 0.378 e. The van der Waals surface area contributed by atoms with Crippen LogP contribution in [-0.4, -0.2) is 14.5 Å². The molecule has 2 aromatic heterocycles. The average molecular weight is 251 g/mol. The zero-order chi connectivity index (χ0) is 12.1. The summed E-state index contributed by atoms with van der Waals surface area (Å²) in [5.41, 5.74) is 2.13. The minimum Gasteiger partial charge on any atom is -0.378 e. The minimum atomic E-state index is 0.506. The lowest BCUT2D eigenvalue weighted by Gasteiger charge is -2.08. The number of aromatic nitrogens is 3. The van der Waals surface area contributed by atoms with Gasteiger partial charge in [0.05, 0.1) is 30.5 Å². The predicted octanol–water partition coefficient (Wildman–Crippen LogP) is 2.95. The highest BCUT2D eigenvalue weighted by molar-refractivity contribution is 6.29. The van der Waals surface area contributed by atoms with Crippen LogP contribution in [0.15, 0.2) is 30.9 Å². The Kier molecular flexibility index (Phi) is 3.98. The lowest BCUT2D eigenvalue weighted by Crippen LogP contribution is -2.06. The van der Waals surface area contributed by atoms with Gasteiger partial charge in [0.15, 0.2) is 0 Å². The molecular weight excluding hydrogens is 236 g/mol. The monoisotopic (exact) mass is 250 g/mol. The van der Waals surface area contributed by atoms with Crippen molar-refractivity contribution < 1.29 is 0 Å². The van der Waals surface area contributed by atoms with E-state index < -0.39 is 0 Å². The number of rotatable bonds is 5. The topological polar surface area (TPSA) is 42.7 Å². The van der Waals surface area contributed by atoms with E-state index in [4.69, 9.17) is 11.6 Å². The first-order chi connectivity index (χ1) is 8.29.